The number of primary amides is 1. The van der Waals surface area contributed by atoms with Crippen molar-refractivity contribution in [1.29, 1.82) is 0 Å². The molecule has 0 unspecified atom stereocenters. The van der Waals surface area contributed by atoms with E-state index in [1.807, 2.05) is 65.8 Å². The fourth-order valence-electron chi connectivity index (χ4n) is 4.15. The Morgan fingerprint density at radius 1 is 1.08 bits per heavy atom. The molecule has 37 heavy (non-hydrogen) atoms. The van der Waals surface area contributed by atoms with Crippen molar-refractivity contribution in [3.05, 3.63) is 29.8 Å². The molecule has 1 aliphatic heterocycles. The van der Waals surface area contributed by atoms with E-state index in [1.54, 1.807) is 0 Å². The fourth-order valence-corrected chi connectivity index (χ4v) is 4.15. The predicted octanol–water partition coefficient (Wildman–Crippen LogP) is 0.963. The lowest BCUT2D eigenvalue weighted by Gasteiger charge is -2.28. The lowest BCUT2D eigenvalue weighted by atomic mass is 10.0. The maximum absolute atomic E-state index is 13.4. The Morgan fingerprint density at radius 3 is 2.16 bits per heavy atom. The molecule has 0 bridgehead atoms. The third kappa shape index (κ3) is 9.66. The zero-order chi connectivity index (χ0) is 28.1. The molecule has 0 radical (unpaired) electrons. The van der Waals surface area contributed by atoms with Crippen LogP contribution in [-0.4, -0.2) is 75.7 Å². The van der Waals surface area contributed by atoms with Crippen molar-refractivity contribution in [1.82, 2.24) is 10.2 Å². The van der Waals surface area contributed by atoms with E-state index in [2.05, 4.69) is 5.32 Å². The van der Waals surface area contributed by atoms with Gasteiger partial charge < -0.3 is 36.3 Å². The Kier molecular flexibility index (Phi) is 9.67. The molecule has 0 spiro atoms. The first-order valence-electron chi connectivity index (χ1n) is 12.3. The summed E-state index contributed by atoms with van der Waals surface area (Å²) in [5, 5.41) is 11.7. The molecule has 1 aromatic carbocycles. The van der Waals surface area contributed by atoms with Crippen molar-refractivity contribution in [3.63, 3.8) is 0 Å². The van der Waals surface area contributed by atoms with Crippen LogP contribution < -0.4 is 21.5 Å². The van der Waals surface area contributed by atoms with Gasteiger partial charge in [-0.1, -0.05) is 12.1 Å². The van der Waals surface area contributed by atoms with Crippen LogP contribution in [0.3, 0.4) is 0 Å². The summed E-state index contributed by atoms with van der Waals surface area (Å²) < 4.78 is 11.8. The first-order chi connectivity index (χ1) is 16.9. The highest BCUT2D eigenvalue weighted by atomic mass is 16.5. The summed E-state index contributed by atoms with van der Waals surface area (Å²) in [5.74, 6) is -2.75. The van der Waals surface area contributed by atoms with E-state index < -0.39 is 59.9 Å². The van der Waals surface area contributed by atoms with Crippen molar-refractivity contribution < 1.29 is 33.8 Å². The topological polar surface area (TPSA) is 174 Å². The predicted molar refractivity (Wildman–Crippen MR) is 137 cm³/mol. The number of benzene rings is 1. The zero-order valence-corrected chi connectivity index (χ0v) is 22.4. The van der Waals surface area contributed by atoms with E-state index in [4.69, 9.17) is 20.9 Å². The summed E-state index contributed by atoms with van der Waals surface area (Å²) in [6.07, 6.45) is -0.648. The second-order valence-corrected chi connectivity index (χ2v) is 11.3. The minimum absolute atomic E-state index is 0.119. The number of carboxylic acids is 1. The van der Waals surface area contributed by atoms with Gasteiger partial charge in [0.1, 0.15) is 23.4 Å². The van der Waals surface area contributed by atoms with Gasteiger partial charge in [0.2, 0.25) is 17.7 Å². The maximum Gasteiger partial charge on any atom is 0.326 e. The number of amides is 3. The molecule has 1 aliphatic rings. The minimum Gasteiger partial charge on any atom is -0.488 e. The number of nitrogens with zero attached hydrogens (tertiary/aromatic N) is 1. The molecule has 1 fully saturated rings. The molecular formula is C26H40N4O7. The van der Waals surface area contributed by atoms with Gasteiger partial charge in [0, 0.05) is 13.0 Å². The Bertz CT molecular complexity index is 982. The standard InChI is InChI=1S/C26H40N4O7/c1-25(2,3)36-16-9-7-15(8-10-16)11-18(27)23(33)30-14-17(37-26(4,5)6)12-20(30)22(32)29-19(24(34)35)13-21(28)31/h7-10,17-20H,11-14,27H2,1-6H3,(H2,28,31)(H,29,32)(H,34,35)/t17-,18-,19+,20+/m1/s1. The SMILES string of the molecule is CC(C)(C)Oc1ccc(C[C@@H](N)C(=O)N2C[C@H](OC(C)(C)C)C[C@H]2C(=O)N[C@@H](CC(N)=O)C(=O)O)cc1. The monoisotopic (exact) mass is 520 g/mol. The molecule has 0 aliphatic carbocycles. The minimum atomic E-state index is -1.51. The normalized spacial score (nSPS) is 19.7. The molecule has 1 heterocycles. The molecule has 0 saturated carbocycles. The lowest BCUT2D eigenvalue weighted by molar-refractivity contribution is -0.145. The molecule has 1 aromatic rings. The Morgan fingerprint density at radius 2 is 1.68 bits per heavy atom. The van der Waals surface area contributed by atoms with Gasteiger partial charge in [0.15, 0.2) is 0 Å². The van der Waals surface area contributed by atoms with Crippen LogP contribution in [-0.2, 0) is 30.3 Å². The molecule has 1 saturated heterocycles. The van der Waals surface area contributed by atoms with Crippen LogP contribution in [0.4, 0.5) is 0 Å². The number of rotatable bonds is 10. The first kappa shape index (κ1) is 30.0. The largest absolute Gasteiger partial charge is 0.488 e. The van der Waals surface area contributed by atoms with Crippen LogP contribution in [0, 0.1) is 0 Å². The average molecular weight is 521 g/mol. The van der Waals surface area contributed by atoms with E-state index in [1.165, 1.54) is 4.90 Å². The second kappa shape index (κ2) is 11.9. The van der Waals surface area contributed by atoms with Crippen LogP contribution in [0.25, 0.3) is 0 Å². The number of aliphatic carboxylic acids is 1. The number of carbonyl (C=O) groups excluding carboxylic acids is 3. The number of likely N-dealkylation sites (tertiary alicyclic amines) is 1. The summed E-state index contributed by atoms with van der Waals surface area (Å²) in [6.45, 7) is 11.5. The van der Waals surface area contributed by atoms with Crippen LogP contribution in [0.1, 0.15) is 59.9 Å². The number of carbonyl (C=O) groups is 4. The molecule has 206 valence electrons. The van der Waals surface area contributed by atoms with Crippen molar-refractivity contribution in [2.45, 2.75) is 96.2 Å². The Labute approximate surface area is 217 Å². The van der Waals surface area contributed by atoms with Gasteiger partial charge in [-0.3, -0.25) is 14.4 Å². The third-order valence-corrected chi connectivity index (χ3v) is 5.51. The molecule has 4 atom stereocenters. The lowest BCUT2D eigenvalue weighted by Crippen LogP contribution is -2.54. The van der Waals surface area contributed by atoms with Gasteiger partial charge in [-0.25, -0.2) is 4.79 Å². The summed E-state index contributed by atoms with van der Waals surface area (Å²) in [4.78, 5) is 50.5. The Balaban J connectivity index is 2.18. The third-order valence-electron chi connectivity index (χ3n) is 5.51. The molecule has 3 amide bonds. The second-order valence-electron chi connectivity index (χ2n) is 11.3. The summed E-state index contributed by atoms with van der Waals surface area (Å²) >= 11 is 0. The van der Waals surface area contributed by atoms with E-state index in [-0.39, 0.29) is 25.0 Å². The van der Waals surface area contributed by atoms with E-state index in [0.29, 0.717) is 5.75 Å². The van der Waals surface area contributed by atoms with E-state index >= 15 is 0 Å². The van der Waals surface area contributed by atoms with Crippen LogP contribution >= 0.6 is 0 Å². The number of hydrogen-bond donors (Lipinski definition) is 4. The van der Waals surface area contributed by atoms with Gasteiger partial charge >= 0.3 is 5.97 Å². The average Bonchev–Trinajstić information content (AvgIpc) is 3.14. The maximum atomic E-state index is 13.4. The number of hydrogen-bond acceptors (Lipinski definition) is 7. The van der Waals surface area contributed by atoms with Gasteiger partial charge in [0.25, 0.3) is 0 Å². The number of nitrogens with one attached hydrogen (secondary N) is 1. The summed E-state index contributed by atoms with van der Waals surface area (Å²) in [6, 6.07) is 3.81. The van der Waals surface area contributed by atoms with Gasteiger partial charge in [-0.2, -0.15) is 0 Å². The van der Waals surface area contributed by atoms with E-state index in [0.717, 1.165) is 5.56 Å². The van der Waals surface area contributed by atoms with E-state index in [9.17, 15) is 24.3 Å². The number of nitrogens with two attached hydrogens (primary N) is 2. The smallest absolute Gasteiger partial charge is 0.326 e. The molecule has 0 aromatic heterocycles. The quantitative estimate of drug-likeness (QED) is 0.353. The van der Waals surface area contributed by atoms with Gasteiger partial charge in [-0.15, -0.1) is 0 Å². The molecule has 11 nitrogen and oxygen atoms in total. The molecular weight excluding hydrogens is 480 g/mol. The van der Waals surface area contributed by atoms with Gasteiger partial charge in [0.05, 0.1) is 24.2 Å². The van der Waals surface area contributed by atoms with Crippen LogP contribution in [0.5, 0.6) is 5.75 Å². The highest BCUT2D eigenvalue weighted by molar-refractivity contribution is 5.93. The van der Waals surface area contributed by atoms with Crippen molar-refractivity contribution in [3.8, 4) is 5.75 Å². The van der Waals surface area contributed by atoms with Crippen LogP contribution in [0.15, 0.2) is 24.3 Å². The van der Waals surface area contributed by atoms with Crippen molar-refractivity contribution in [2.75, 3.05) is 6.54 Å². The fraction of sp³-hybridized carbons (Fsp3) is 0.615. The van der Waals surface area contributed by atoms with Crippen molar-refractivity contribution in [2.24, 2.45) is 11.5 Å². The number of carboxylic acid groups (broad SMARTS) is 1. The molecule has 11 heteroatoms. The highest BCUT2D eigenvalue weighted by Crippen LogP contribution is 2.26. The van der Waals surface area contributed by atoms with Crippen LogP contribution in [0.2, 0.25) is 0 Å². The highest BCUT2D eigenvalue weighted by Gasteiger charge is 2.43. The van der Waals surface area contributed by atoms with Gasteiger partial charge in [-0.05, 0) is 65.7 Å². The molecule has 2 rings (SSSR count). The zero-order valence-electron chi connectivity index (χ0n) is 22.4. The first-order valence-corrected chi connectivity index (χ1v) is 12.3. The Hall–Kier alpha value is -3.18. The summed E-state index contributed by atoms with van der Waals surface area (Å²) in [7, 11) is 0. The van der Waals surface area contributed by atoms with Crippen molar-refractivity contribution >= 4 is 23.7 Å². The molecule has 6 N–H and O–H groups in total. The number of ether oxygens (including phenoxy) is 2. The summed E-state index contributed by atoms with van der Waals surface area (Å²) in [5.41, 5.74) is 11.3.